The largest absolute Gasteiger partial charge is 0.530 e. The highest BCUT2D eigenvalue weighted by Gasteiger charge is 2.26. The van der Waals surface area contributed by atoms with Gasteiger partial charge in [0, 0.05) is 26.7 Å². The zero-order chi connectivity index (χ0) is 31.6. The summed E-state index contributed by atoms with van der Waals surface area (Å²) in [5, 5.41) is 14.1. The number of piperidine rings is 1. The van der Waals surface area contributed by atoms with Crippen LogP contribution < -0.4 is 5.11 Å². The normalized spacial score (nSPS) is 15.3. The fourth-order valence-corrected chi connectivity index (χ4v) is 7.71. The van der Waals surface area contributed by atoms with Crippen LogP contribution in [0.3, 0.4) is 0 Å². The molecular weight excluding hydrogens is 582 g/mol. The van der Waals surface area contributed by atoms with Crippen molar-refractivity contribution in [2.24, 2.45) is 5.92 Å². The average molecular weight is 627 g/mol. The van der Waals surface area contributed by atoms with Crippen LogP contribution >= 0.6 is 0 Å². The van der Waals surface area contributed by atoms with Crippen molar-refractivity contribution in [3.63, 3.8) is 0 Å². The molecule has 4 aromatic rings. The van der Waals surface area contributed by atoms with Gasteiger partial charge in [-0.2, -0.15) is 0 Å². The van der Waals surface area contributed by atoms with E-state index in [1.54, 1.807) is 31.3 Å². The molecule has 8 heteroatoms. The Morgan fingerprint density at radius 1 is 0.889 bits per heavy atom. The smallest absolute Gasteiger partial charge is 0.242 e. The highest BCUT2D eigenvalue weighted by atomic mass is 32.2. The molecule has 238 valence electrons. The number of hydrogen-bond acceptors (Lipinski definition) is 5. The fourth-order valence-electron chi connectivity index (χ4n) is 6.47. The molecule has 1 atom stereocenters. The van der Waals surface area contributed by atoms with E-state index >= 15 is 0 Å². The van der Waals surface area contributed by atoms with Crippen molar-refractivity contribution < 1.29 is 18.3 Å². The molecule has 1 aliphatic heterocycles. The Morgan fingerprint density at radius 3 is 2.22 bits per heavy atom. The lowest BCUT2D eigenvalue weighted by Crippen LogP contribution is -2.41. The van der Waals surface area contributed by atoms with Crippen molar-refractivity contribution in [2.45, 2.75) is 49.5 Å². The molecule has 4 aromatic carbocycles. The van der Waals surface area contributed by atoms with Crippen LogP contribution in [-0.2, 0) is 16.6 Å². The minimum atomic E-state index is -3.56. The van der Waals surface area contributed by atoms with E-state index in [1.165, 1.54) is 9.21 Å². The highest BCUT2D eigenvalue weighted by Crippen LogP contribution is 2.27. The number of benzene rings is 4. The summed E-state index contributed by atoms with van der Waals surface area (Å²) in [4.78, 5) is 16.1. The number of carbonyl (C=O) groups excluding carboxylic acids is 1. The molecule has 1 saturated heterocycles. The average Bonchev–Trinajstić information content (AvgIpc) is 3.07. The topological polar surface area (TPSA) is 84.0 Å². The first-order chi connectivity index (χ1) is 21.8. The standard InChI is InChI=1S/C37H45N3O4S/c1-38(45(43,44)36-16-6-3-7-17-36)29-35(32-12-4-2-5-13-32)22-26-39-24-20-30(21-25-39)11-10-23-40(37(41)42)28-31-18-19-33-14-8-9-15-34(33)27-31/h2-9,12-19,27,30,35H,10-11,20-26,28-29H2,1H3,(H,41,42)/p-1. The van der Waals surface area contributed by atoms with Gasteiger partial charge in [-0.05, 0) is 104 Å². The molecule has 1 amide bonds. The SMILES string of the molecule is CN(CC(CCN1CCC(CCCN(Cc2ccc3ccccc3c2)C(=O)[O-])CC1)c1ccccc1)S(=O)(=O)c1ccccc1. The predicted octanol–water partition coefficient (Wildman–Crippen LogP) is 5.97. The molecule has 0 bridgehead atoms. The Labute approximate surface area is 268 Å². The fraction of sp³-hybridized carbons (Fsp3) is 0.378. The van der Waals surface area contributed by atoms with Crippen LogP contribution in [0.15, 0.2) is 108 Å². The van der Waals surface area contributed by atoms with Crippen LogP contribution in [0.5, 0.6) is 0 Å². The summed E-state index contributed by atoms with van der Waals surface area (Å²) >= 11 is 0. The summed E-state index contributed by atoms with van der Waals surface area (Å²) in [7, 11) is -1.89. The van der Waals surface area contributed by atoms with E-state index in [2.05, 4.69) is 29.2 Å². The molecule has 1 heterocycles. The second-order valence-electron chi connectivity index (χ2n) is 12.3. The molecule has 5 rings (SSSR count). The molecule has 1 aliphatic rings. The van der Waals surface area contributed by atoms with Crippen LogP contribution in [0.25, 0.3) is 10.8 Å². The van der Waals surface area contributed by atoms with Gasteiger partial charge in [0.15, 0.2) is 0 Å². The Kier molecular flexibility index (Phi) is 11.3. The highest BCUT2D eigenvalue weighted by molar-refractivity contribution is 7.89. The Balaban J connectivity index is 1.08. The molecule has 0 saturated carbocycles. The third kappa shape index (κ3) is 8.93. The van der Waals surface area contributed by atoms with Crippen molar-refractivity contribution in [3.8, 4) is 0 Å². The minimum absolute atomic E-state index is 0.0885. The lowest BCUT2D eigenvalue weighted by molar-refractivity contribution is -0.266. The second kappa shape index (κ2) is 15.5. The number of likely N-dealkylation sites (tertiary alicyclic amines) is 1. The monoisotopic (exact) mass is 626 g/mol. The first kappa shape index (κ1) is 32.7. The van der Waals surface area contributed by atoms with Gasteiger partial charge in [-0.1, -0.05) is 84.9 Å². The number of sulfonamides is 1. The van der Waals surface area contributed by atoms with Crippen molar-refractivity contribution in [1.82, 2.24) is 14.1 Å². The number of carbonyl (C=O) groups is 1. The Morgan fingerprint density at radius 2 is 1.53 bits per heavy atom. The van der Waals surface area contributed by atoms with Crippen molar-refractivity contribution in [2.75, 3.05) is 39.8 Å². The maximum Gasteiger partial charge on any atom is 0.242 e. The van der Waals surface area contributed by atoms with Gasteiger partial charge in [-0.25, -0.2) is 12.7 Å². The van der Waals surface area contributed by atoms with E-state index in [4.69, 9.17) is 0 Å². The number of nitrogens with zero attached hydrogens (tertiary/aromatic N) is 3. The van der Waals surface area contributed by atoms with E-state index in [0.717, 1.165) is 73.6 Å². The number of likely N-dealkylation sites (N-methyl/N-ethyl adjacent to an activating group) is 1. The van der Waals surface area contributed by atoms with Gasteiger partial charge < -0.3 is 19.7 Å². The van der Waals surface area contributed by atoms with Crippen molar-refractivity contribution >= 4 is 26.9 Å². The van der Waals surface area contributed by atoms with Gasteiger partial charge in [0.25, 0.3) is 0 Å². The zero-order valence-electron chi connectivity index (χ0n) is 26.1. The van der Waals surface area contributed by atoms with Gasteiger partial charge in [0.1, 0.15) is 6.09 Å². The predicted molar refractivity (Wildman–Crippen MR) is 178 cm³/mol. The van der Waals surface area contributed by atoms with Crippen LogP contribution in [0, 0.1) is 5.92 Å². The summed E-state index contributed by atoms with van der Waals surface area (Å²) in [6.07, 6.45) is 3.77. The quantitative estimate of drug-likeness (QED) is 0.172. The second-order valence-corrected chi connectivity index (χ2v) is 14.3. The zero-order valence-corrected chi connectivity index (χ0v) is 26.9. The van der Waals surface area contributed by atoms with Gasteiger partial charge in [-0.3, -0.25) is 0 Å². The van der Waals surface area contributed by atoms with Crippen LogP contribution in [0.4, 0.5) is 4.79 Å². The number of carboxylic acid groups (broad SMARTS) is 1. The summed E-state index contributed by atoms with van der Waals surface area (Å²) in [5.41, 5.74) is 2.13. The summed E-state index contributed by atoms with van der Waals surface area (Å²) in [6, 6.07) is 33.0. The lowest BCUT2D eigenvalue weighted by Gasteiger charge is -2.34. The van der Waals surface area contributed by atoms with Crippen LogP contribution in [-0.4, -0.2) is 68.4 Å². The van der Waals surface area contributed by atoms with Gasteiger partial charge in [0.05, 0.1) is 4.90 Å². The first-order valence-electron chi connectivity index (χ1n) is 16.0. The third-order valence-corrected chi connectivity index (χ3v) is 11.0. The Bertz CT molecular complexity index is 1620. The summed E-state index contributed by atoms with van der Waals surface area (Å²) in [5.74, 6) is 0.670. The molecule has 7 nitrogen and oxygen atoms in total. The van der Waals surface area contributed by atoms with Crippen molar-refractivity contribution in [3.05, 3.63) is 114 Å². The Hall–Kier alpha value is -3.72. The number of rotatable bonds is 14. The van der Waals surface area contributed by atoms with Gasteiger partial charge in [-0.15, -0.1) is 0 Å². The lowest BCUT2D eigenvalue weighted by atomic mass is 9.91. The summed E-state index contributed by atoms with van der Waals surface area (Å²) < 4.78 is 27.9. The van der Waals surface area contributed by atoms with E-state index in [9.17, 15) is 18.3 Å². The van der Waals surface area contributed by atoms with E-state index in [1.807, 2.05) is 54.6 Å². The summed E-state index contributed by atoms with van der Waals surface area (Å²) in [6.45, 7) is 4.17. The molecule has 0 spiro atoms. The van der Waals surface area contributed by atoms with E-state index < -0.39 is 16.1 Å². The number of fused-ring (bicyclic) bond motifs is 1. The maximum atomic E-state index is 13.2. The molecular formula is C37H44N3O4S-. The molecule has 1 unspecified atom stereocenters. The molecule has 1 fully saturated rings. The van der Waals surface area contributed by atoms with E-state index in [0.29, 0.717) is 30.4 Å². The van der Waals surface area contributed by atoms with Crippen LogP contribution in [0.1, 0.15) is 49.1 Å². The minimum Gasteiger partial charge on any atom is -0.530 e. The maximum absolute atomic E-state index is 13.2. The number of amides is 1. The molecule has 0 aromatic heterocycles. The van der Waals surface area contributed by atoms with Crippen molar-refractivity contribution in [1.29, 1.82) is 0 Å². The number of hydrogen-bond donors (Lipinski definition) is 0. The molecule has 0 aliphatic carbocycles. The molecule has 0 radical (unpaired) electrons. The van der Waals surface area contributed by atoms with E-state index in [-0.39, 0.29) is 5.92 Å². The third-order valence-electron chi connectivity index (χ3n) is 9.19. The molecule has 45 heavy (non-hydrogen) atoms. The molecule has 0 N–H and O–H groups in total. The van der Waals surface area contributed by atoms with Crippen LogP contribution in [0.2, 0.25) is 0 Å². The first-order valence-corrected chi connectivity index (χ1v) is 17.5. The van der Waals surface area contributed by atoms with Gasteiger partial charge in [0.2, 0.25) is 10.0 Å². The van der Waals surface area contributed by atoms with Gasteiger partial charge >= 0.3 is 0 Å².